The fourth-order valence-electron chi connectivity index (χ4n) is 3.46. The van der Waals surface area contributed by atoms with E-state index in [0.717, 1.165) is 24.8 Å². The summed E-state index contributed by atoms with van der Waals surface area (Å²) in [4.78, 5) is 13.9. The van der Waals surface area contributed by atoms with Crippen LogP contribution in [0.2, 0.25) is 0 Å². The maximum Gasteiger partial charge on any atom is 0.247 e. The van der Waals surface area contributed by atoms with Crippen molar-refractivity contribution in [2.45, 2.75) is 44.2 Å². The molecule has 0 aliphatic heterocycles. The van der Waals surface area contributed by atoms with Gasteiger partial charge in [0.25, 0.3) is 0 Å². The molecule has 1 heterocycles. The lowest BCUT2D eigenvalue weighted by Crippen LogP contribution is -2.29. The standard InChI is InChI=1S/C19H20FN3O/c1-12(13-3-6-18(20)16(8-13)10-21)23-17-5-2-14(9-17)15-4-7-19(24)22-11-15/h3-4,6-8,11-12,14,17,23H,2,5,9H2,1H3,(H,22,24)/t12-,14?,17+/m1/s1. The molecule has 1 aromatic heterocycles. The Morgan fingerprint density at radius 3 is 2.88 bits per heavy atom. The summed E-state index contributed by atoms with van der Waals surface area (Å²) in [6.45, 7) is 2.03. The van der Waals surface area contributed by atoms with Crippen molar-refractivity contribution in [3.63, 3.8) is 0 Å². The van der Waals surface area contributed by atoms with Gasteiger partial charge in [-0.2, -0.15) is 5.26 Å². The lowest BCUT2D eigenvalue weighted by atomic mass is 9.99. The summed E-state index contributed by atoms with van der Waals surface area (Å²) in [6, 6.07) is 10.5. The zero-order valence-corrected chi connectivity index (χ0v) is 13.6. The Morgan fingerprint density at radius 1 is 1.33 bits per heavy atom. The molecule has 124 valence electrons. The van der Waals surface area contributed by atoms with E-state index >= 15 is 0 Å². The molecule has 1 aromatic carbocycles. The van der Waals surface area contributed by atoms with Crippen LogP contribution in [0.1, 0.15) is 54.8 Å². The third kappa shape index (κ3) is 3.55. The predicted octanol–water partition coefficient (Wildman–Crippen LogP) is 3.37. The molecule has 0 saturated heterocycles. The van der Waals surface area contributed by atoms with Crippen LogP contribution in [0.5, 0.6) is 0 Å². The van der Waals surface area contributed by atoms with Crippen molar-refractivity contribution in [2.24, 2.45) is 0 Å². The van der Waals surface area contributed by atoms with Crippen molar-refractivity contribution >= 4 is 0 Å². The van der Waals surface area contributed by atoms with Crippen LogP contribution in [0.4, 0.5) is 4.39 Å². The second kappa shape index (κ2) is 6.98. The van der Waals surface area contributed by atoms with Crippen LogP contribution >= 0.6 is 0 Å². The molecule has 1 aliphatic rings. The van der Waals surface area contributed by atoms with E-state index < -0.39 is 5.82 Å². The highest BCUT2D eigenvalue weighted by Crippen LogP contribution is 2.34. The summed E-state index contributed by atoms with van der Waals surface area (Å²) >= 11 is 0. The molecule has 0 amide bonds. The fourth-order valence-corrected chi connectivity index (χ4v) is 3.46. The van der Waals surface area contributed by atoms with E-state index in [2.05, 4.69) is 10.3 Å². The molecular weight excluding hydrogens is 305 g/mol. The number of hydrogen-bond donors (Lipinski definition) is 2. The van der Waals surface area contributed by atoms with E-state index in [-0.39, 0.29) is 17.2 Å². The molecule has 0 bridgehead atoms. The molecule has 0 spiro atoms. The lowest BCUT2D eigenvalue weighted by Gasteiger charge is -2.20. The summed E-state index contributed by atoms with van der Waals surface area (Å²) in [6.07, 6.45) is 4.93. The number of nitrogens with one attached hydrogen (secondary N) is 2. The van der Waals surface area contributed by atoms with E-state index in [1.165, 1.54) is 11.6 Å². The number of hydrogen-bond acceptors (Lipinski definition) is 3. The van der Waals surface area contributed by atoms with E-state index in [0.29, 0.717) is 12.0 Å². The van der Waals surface area contributed by atoms with Crippen LogP contribution in [-0.4, -0.2) is 11.0 Å². The molecule has 3 atom stereocenters. The molecule has 2 N–H and O–H groups in total. The van der Waals surface area contributed by atoms with Crippen LogP contribution in [0.3, 0.4) is 0 Å². The summed E-state index contributed by atoms with van der Waals surface area (Å²) in [5.41, 5.74) is 2.09. The average Bonchev–Trinajstić information content (AvgIpc) is 3.04. The maximum absolute atomic E-state index is 13.4. The molecule has 5 heteroatoms. The van der Waals surface area contributed by atoms with Gasteiger partial charge in [0.05, 0.1) is 5.56 Å². The maximum atomic E-state index is 13.4. The highest BCUT2D eigenvalue weighted by atomic mass is 19.1. The van der Waals surface area contributed by atoms with Crippen LogP contribution in [0, 0.1) is 17.1 Å². The molecular formula is C19H20FN3O. The molecule has 2 aromatic rings. The Hall–Kier alpha value is -2.45. The zero-order chi connectivity index (χ0) is 17.1. The number of aromatic nitrogens is 1. The van der Waals surface area contributed by atoms with Gasteiger partial charge in [0, 0.05) is 24.3 Å². The quantitative estimate of drug-likeness (QED) is 0.905. The Labute approximate surface area is 140 Å². The summed E-state index contributed by atoms with van der Waals surface area (Å²) in [7, 11) is 0. The highest BCUT2D eigenvalue weighted by Gasteiger charge is 2.27. The van der Waals surface area contributed by atoms with Crippen molar-refractivity contribution in [3.05, 3.63) is 69.4 Å². The number of aromatic amines is 1. The van der Waals surface area contributed by atoms with Crippen LogP contribution in [0.15, 0.2) is 41.3 Å². The first-order valence-electron chi connectivity index (χ1n) is 8.21. The first kappa shape index (κ1) is 16.4. The molecule has 0 radical (unpaired) electrons. The Kier molecular flexibility index (Phi) is 4.77. The van der Waals surface area contributed by atoms with Gasteiger partial charge in [-0.15, -0.1) is 0 Å². The molecule has 3 rings (SSSR count). The molecule has 1 unspecified atom stereocenters. The largest absolute Gasteiger partial charge is 0.329 e. The highest BCUT2D eigenvalue weighted by molar-refractivity contribution is 5.35. The van der Waals surface area contributed by atoms with Crippen LogP contribution in [0.25, 0.3) is 0 Å². The third-order valence-corrected chi connectivity index (χ3v) is 4.81. The SMILES string of the molecule is C[C@@H](N[C@H]1CCC(c2ccc(=O)[nH]c2)C1)c1ccc(F)c(C#N)c1. The smallest absolute Gasteiger partial charge is 0.247 e. The number of H-pyrrole nitrogens is 1. The Balaban J connectivity index is 1.64. The van der Waals surface area contributed by atoms with Crippen molar-refractivity contribution in [2.75, 3.05) is 0 Å². The minimum atomic E-state index is -0.479. The second-order valence-electron chi connectivity index (χ2n) is 6.43. The molecule has 1 saturated carbocycles. The number of pyridine rings is 1. The van der Waals surface area contributed by atoms with E-state index in [1.807, 2.05) is 19.1 Å². The number of halogens is 1. The Morgan fingerprint density at radius 2 is 2.17 bits per heavy atom. The van der Waals surface area contributed by atoms with Gasteiger partial charge in [-0.25, -0.2) is 4.39 Å². The van der Waals surface area contributed by atoms with Gasteiger partial charge in [0.2, 0.25) is 5.56 Å². The minimum absolute atomic E-state index is 0.0528. The van der Waals surface area contributed by atoms with Crippen molar-refractivity contribution in [1.82, 2.24) is 10.3 Å². The van der Waals surface area contributed by atoms with Gasteiger partial charge in [-0.1, -0.05) is 12.1 Å². The normalized spacial score (nSPS) is 21.4. The first-order chi connectivity index (χ1) is 11.6. The lowest BCUT2D eigenvalue weighted by molar-refractivity contribution is 0.456. The first-order valence-corrected chi connectivity index (χ1v) is 8.21. The molecule has 24 heavy (non-hydrogen) atoms. The van der Waals surface area contributed by atoms with E-state index in [1.54, 1.807) is 24.4 Å². The van der Waals surface area contributed by atoms with Crippen molar-refractivity contribution < 1.29 is 4.39 Å². The minimum Gasteiger partial charge on any atom is -0.329 e. The molecule has 4 nitrogen and oxygen atoms in total. The number of nitrogens with zero attached hydrogens (tertiary/aromatic N) is 1. The predicted molar refractivity (Wildman–Crippen MR) is 90.1 cm³/mol. The molecule has 1 fully saturated rings. The van der Waals surface area contributed by atoms with Gasteiger partial charge >= 0.3 is 0 Å². The summed E-state index contributed by atoms with van der Waals surface area (Å²) < 4.78 is 13.4. The Bertz CT molecular complexity index is 804. The number of rotatable bonds is 4. The van der Waals surface area contributed by atoms with Gasteiger partial charge in [-0.05, 0) is 55.4 Å². The van der Waals surface area contributed by atoms with Gasteiger partial charge in [0.1, 0.15) is 11.9 Å². The monoisotopic (exact) mass is 325 g/mol. The van der Waals surface area contributed by atoms with E-state index in [4.69, 9.17) is 5.26 Å². The van der Waals surface area contributed by atoms with Crippen LogP contribution < -0.4 is 10.9 Å². The third-order valence-electron chi connectivity index (χ3n) is 4.81. The summed E-state index contributed by atoms with van der Waals surface area (Å²) in [5.74, 6) is -0.0399. The number of benzene rings is 1. The topological polar surface area (TPSA) is 68.7 Å². The van der Waals surface area contributed by atoms with Gasteiger partial charge in [0.15, 0.2) is 0 Å². The van der Waals surface area contributed by atoms with Crippen molar-refractivity contribution in [3.8, 4) is 6.07 Å². The zero-order valence-electron chi connectivity index (χ0n) is 13.6. The second-order valence-corrected chi connectivity index (χ2v) is 6.43. The molecule has 1 aliphatic carbocycles. The van der Waals surface area contributed by atoms with Crippen molar-refractivity contribution in [1.29, 1.82) is 5.26 Å². The fraction of sp³-hybridized carbons (Fsp3) is 0.368. The van der Waals surface area contributed by atoms with Crippen LogP contribution in [-0.2, 0) is 0 Å². The summed E-state index contributed by atoms with van der Waals surface area (Å²) in [5, 5.41) is 12.5. The van der Waals surface area contributed by atoms with E-state index in [9.17, 15) is 9.18 Å². The number of nitriles is 1. The van der Waals surface area contributed by atoms with Gasteiger partial charge < -0.3 is 10.3 Å². The average molecular weight is 325 g/mol. The van der Waals surface area contributed by atoms with Gasteiger partial charge in [-0.3, -0.25) is 4.79 Å².